The monoisotopic (exact) mass is 455 g/mol. The summed E-state index contributed by atoms with van der Waals surface area (Å²) in [7, 11) is 0. The second-order valence-electron chi connectivity index (χ2n) is 9.16. The van der Waals surface area contributed by atoms with Crippen molar-refractivity contribution in [2.75, 3.05) is 19.8 Å². The normalized spacial score (nSPS) is 14.4. The lowest BCUT2D eigenvalue weighted by Crippen LogP contribution is -2.44. The zero-order valence-electron chi connectivity index (χ0n) is 19.6. The van der Waals surface area contributed by atoms with E-state index in [1.807, 2.05) is 67.6 Å². The maximum absolute atomic E-state index is 6.30. The molecule has 0 spiro atoms. The first-order valence-corrected chi connectivity index (χ1v) is 11.6. The Kier molecular flexibility index (Phi) is 6.37. The topological polar surface area (TPSA) is 49.8 Å². The average Bonchev–Trinajstić information content (AvgIpc) is 2.85. The first kappa shape index (κ1) is 22.2. The molecule has 0 unspecified atom stereocenters. The van der Waals surface area contributed by atoms with Crippen molar-refractivity contribution < 1.29 is 18.9 Å². The molecule has 34 heavy (non-hydrogen) atoms. The Morgan fingerprint density at radius 1 is 0.824 bits per heavy atom. The molecule has 4 aromatic rings. The minimum absolute atomic E-state index is 0.0964. The van der Waals surface area contributed by atoms with Crippen molar-refractivity contribution >= 4 is 10.9 Å². The van der Waals surface area contributed by atoms with E-state index in [2.05, 4.69) is 25.1 Å². The number of fused-ring (bicyclic) bond motifs is 1. The van der Waals surface area contributed by atoms with E-state index in [0.29, 0.717) is 19.8 Å². The van der Waals surface area contributed by atoms with Crippen molar-refractivity contribution in [3.63, 3.8) is 0 Å². The summed E-state index contributed by atoms with van der Waals surface area (Å²) in [6.07, 6.45) is 0. The third kappa shape index (κ3) is 5.00. The highest BCUT2D eigenvalue weighted by Crippen LogP contribution is 2.32. The standard InChI is InChI=1S/C29H29NO4/c1-21-27(17-32-23-11-8-12-24(15-23)34-20-29(2)18-31-19-29)30-26-14-7-6-13-25(26)28(21)33-16-22-9-4-3-5-10-22/h3-15H,16-20H2,1-2H3. The molecule has 0 aliphatic carbocycles. The Hall–Kier alpha value is -3.57. The molecule has 0 N–H and O–H groups in total. The Morgan fingerprint density at radius 2 is 1.56 bits per heavy atom. The molecule has 0 saturated carbocycles. The van der Waals surface area contributed by atoms with Gasteiger partial charge in [0.25, 0.3) is 0 Å². The van der Waals surface area contributed by atoms with Gasteiger partial charge in [-0.15, -0.1) is 0 Å². The number of hydrogen-bond acceptors (Lipinski definition) is 5. The van der Waals surface area contributed by atoms with E-state index < -0.39 is 0 Å². The lowest BCUT2D eigenvalue weighted by Gasteiger charge is -2.37. The predicted molar refractivity (Wildman–Crippen MR) is 132 cm³/mol. The average molecular weight is 456 g/mol. The van der Waals surface area contributed by atoms with Gasteiger partial charge in [-0.25, -0.2) is 4.98 Å². The molecule has 1 aliphatic heterocycles. The Bertz CT molecular complexity index is 1270. The van der Waals surface area contributed by atoms with E-state index in [1.165, 1.54) is 0 Å². The number of rotatable bonds is 9. The van der Waals surface area contributed by atoms with Crippen LogP contribution < -0.4 is 14.2 Å². The SMILES string of the molecule is Cc1c(COc2cccc(OCC3(C)COC3)c2)nc2ccccc2c1OCc1ccccc1. The van der Waals surface area contributed by atoms with Crippen molar-refractivity contribution in [2.24, 2.45) is 5.41 Å². The van der Waals surface area contributed by atoms with Crippen LogP contribution in [0.4, 0.5) is 0 Å². The van der Waals surface area contributed by atoms with Crippen LogP contribution in [0.2, 0.25) is 0 Å². The molecular weight excluding hydrogens is 426 g/mol. The van der Waals surface area contributed by atoms with Gasteiger partial charge in [-0.2, -0.15) is 0 Å². The van der Waals surface area contributed by atoms with Gasteiger partial charge in [-0.05, 0) is 36.8 Å². The van der Waals surface area contributed by atoms with E-state index >= 15 is 0 Å². The molecule has 1 aromatic heterocycles. The lowest BCUT2D eigenvalue weighted by molar-refractivity contribution is -0.120. The van der Waals surface area contributed by atoms with Crippen LogP contribution in [0, 0.1) is 12.3 Å². The number of aromatic nitrogens is 1. The molecule has 0 amide bonds. The smallest absolute Gasteiger partial charge is 0.134 e. The summed E-state index contributed by atoms with van der Waals surface area (Å²) in [6, 6.07) is 26.0. The number of pyridine rings is 1. The summed E-state index contributed by atoms with van der Waals surface area (Å²) in [5, 5.41) is 1.00. The van der Waals surface area contributed by atoms with Gasteiger partial charge in [-0.3, -0.25) is 0 Å². The highest BCUT2D eigenvalue weighted by atomic mass is 16.5. The highest BCUT2D eigenvalue weighted by Gasteiger charge is 2.34. The number of hydrogen-bond donors (Lipinski definition) is 0. The van der Waals surface area contributed by atoms with E-state index in [1.54, 1.807) is 0 Å². The zero-order valence-corrected chi connectivity index (χ0v) is 19.6. The van der Waals surface area contributed by atoms with E-state index in [-0.39, 0.29) is 5.41 Å². The fourth-order valence-electron chi connectivity index (χ4n) is 3.98. The van der Waals surface area contributed by atoms with Gasteiger partial charge in [0, 0.05) is 22.4 Å². The van der Waals surface area contributed by atoms with E-state index in [9.17, 15) is 0 Å². The summed E-state index contributed by atoms with van der Waals surface area (Å²) in [6.45, 7) is 7.16. The molecule has 1 aliphatic rings. The fourth-order valence-corrected chi connectivity index (χ4v) is 3.98. The molecule has 0 radical (unpaired) electrons. The third-order valence-electron chi connectivity index (χ3n) is 6.07. The number of benzene rings is 3. The molecule has 0 bridgehead atoms. The lowest BCUT2D eigenvalue weighted by atomic mass is 9.90. The molecule has 3 aromatic carbocycles. The molecule has 0 atom stereocenters. The highest BCUT2D eigenvalue weighted by molar-refractivity contribution is 5.86. The third-order valence-corrected chi connectivity index (χ3v) is 6.07. The van der Waals surface area contributed by atoms with E-state index in [0.717, 1.165) is 58.2 Å². The maximum atomic E-state index is 6.30. The molecule has 174 valence electrons. The van der Waals surface area contributed by atoms with Crippen molar-refractivity contribution in [1.29, 1.82) is 0 Å². The maximum Gasteiger partial charge on any atom is 0.134 e. The largest absolute Gasteiger partial charge is 0.493 e. The first-order chi connectivity index (χ1) is 16.6. The van der Waals surface area contributed by atoms with Crippen LogP contribution in [0.3, 0.4) is 0 Å². The van der Waals surface area contributed by atoms with Crippen molar-refractivity contribution in [3.8, 4) is 17.2 Å². The molecule has 5 nitrogen and oxygen atoms in total. The van der Waals surface area contributed by atoms with Crippen LogP contribution >= 0.6 is 0 Å². The summed E-state index contributed by atoms with van der Waals surface area (Å²) in [4.78, 5) is 4.87. The van der Waals surface area contributed by atoms with Gasteiger partial charge in [0.2, 0.25) is 0 Å². The number of para-hydroxylation sites is 1. The molecule has 5 heteroatoms. The minimum Gasteiger partial charge on any atom is -0.493 e. The van der Waals surface area contributed by atoms with Crippen LogP contribution in [0.25, 0.3) is 10.9 Å². The van der Waals surface area contributed by atoms with Crippen LogP contribution in [0.5, 0.6) is 17.2 Å². The summed E-state index contributed by atoms with van der Waals surface area (Å²) < 4.78 is 23.7. The summed E-state index contributed by atoms with van der Waals surface area (Å²) in [5.74, 6) is 2.38. The van der Waals surface area contributed by atoms with Crippen molar-refractivity contribution in [3.05, 3.63) is 95.7 Å². The van der Waals surface area contributed by atoms with Gasteiger partial charge in [-0.1, -0.05) is 55.5 Å². The molecule has 5 rings (SSSR count). The summed E-state index contributed by atoms with van der Waals surface area (Å²) in [5.41, 5.74) is 3.95. The molecule has 2 heterocycles. The van der Waals surface area contributed by atoms with E-state index in [4.69, 9.17) is 23.9 Å². The van der Waals surface area contributed by atoms with Crippen LogP contribution in [0.1, 0.15) is 23.7 Å². The number of ether oxygens (including phenoxy) is 4. The molecule has 1 fully saturated rings. The quantitative estimate of drug-likeness (QED) is 0.304. The van der Waals surface area contributed by atoms with Gasteiger partial charge in [0.1, 0.15) is 30.5 Å². The predicted octanol–water partition coefficient (Wildman–Crippen LogP) is 6.12. The van der Waals surface area contributed by atoms with Gasteiger partial charge in [0.15, 0.2) is 0 Å². The Balaban J connectivity index is 1.32. The van der Waals surface area contributed by atoms with Crippen LogP contribution in [-0.4, -0.2) is 24.8 Å². The molecule has 1 saturated heterocycles. The second-order valence-corrected chi connectivity index (χ2v) is 9.16. The zero-order chi connectivity index (χ0) is 23.4. The van der Waals surface area contributed by atoms with Crippen LogP contribution in [-0.2, 0) is 18.0 Å². The minimum atomic E-state index is 0.0964. The van der Waals surface area contributed by atoms with Crippen molar-refractivity contribution in [2.45, 2.75) is 27.1 Å². The molecular formula is C29H29NO4. The summed E-state index contributed by atoms with van der Waals surface area (Å²) >= 11 is 0. The van der Waals surface area contributed by atoms with Gasteiger partial charge in [0.05, 0.1) is 31.0 Å². The van der Waals surface area contributed by atoms with Gasteiger partial charge < -0.3 is 18.9 Å². The number of nitrogens with zero attached hydrogens (tertiary/aromatic N) is 1. The fraction of sp³-hybridized carbons (Fsp3) is 0.276. The van der Waals surface area contributed by atoms with Crippen molar-refractivity contribution in [1.82, 2.24) is 4.98 Å². The van der Waals surface area contributed by atoms with Gasteiger partial charge >= 0.3 is 0 Å². The second kappa shape index (κ2) is 9.74. The first-order valence-electron chi connectivity index (χ1n) is 11.6. The Morgan fingerprint density at radius 3 is 2.32 bits per heavy atom. The Labute approximate surface area is 200 Å². The van der Waals surface area contributed by atoms with Crippen LogP contribution in [0.15, 0.2) is 78.9 Å².